The number of carboxylic acids is 1. The lowest BCUT2D eigenvalue weighted by Gasteiger charge is -2.01. The molecule has 0 aliphatic heterocycles. The van der Waals surface area contributed by atoms with E-state index in [1.807, 2.05) is 0 Å². The fourth-order valence-electron chi connectivity index (χ4n) is 3.01. The highest BCUT2D eigenvalue weighted by atomic mass is 16.4. The van der Waals surface area contributed by atoms with E-state index >= 15 is 0 Å². The summed E-state index contributed by atoms with van der Waals surface area (Å²) in [5.74, 6) is -2.59. The maximum atomic E-state index is 12.0. The van der Waals surface area contributed by atoms with Crippen molar-refractivity contribution in [2.24, 2.45) is 5.73 Å². The van der Waals surface area contributed by atoms with E-state index in [4.69, 9.17) is 10.2 Å². The molecule has 3 aromatic heterocycles. The van der Waals surface area contributed by atoms with Crippen molar-refractivity contribution in [2.75, 3.05) is 0 Å². The number of aromatic nitrogens is 5. The number of carbonyl (C=O) groups is 3. The van der Waals surface area contributed by atoms with Crippen LogP contribution in [0.25, 0.3) is 22.9 Å². The number of benzene rings is 1. The third kappa shape index (κ3) is 3.99. The average molecular weight is 432 g/mol. The molecule has 0 bridgehead atoms. The van der Waals surface area contributed by atoms with Crippen LogP contribution in [0.2, 0.25) is 0 Å². The molecule has 32 heavy (non-hydrogen) atoms. The molecule has 1 aromatic carbocycles. The van der Waals surface area contributed by atoms with Gasteiger partial charge in [0.15, 0.2) is 28.6 Å². The summed E-state index contributed by atoms with van der Waals surface area (Å²) in [6, 6.07) is 11.8. The molecule has 0 unspecified atom stereocenters. The van der Waals surface area contributed by atoms with Crippen LogP contribution in [0.4, 0.5) is 0 Å². The van der Waals surface area contributed by atoms with Gasteiger partial charge in [0.05, 0.1) is 6.54 Å². The smallest absolute Gasteiger partial charge is 0.358 e. The SMILES string of the molecule is CC(=O)c1cc(Cn2nc(C(N)=O)c(-c3nc(C(=O)O)c(-c4ccccc4)o3)n2)ccn1. The average Bonchev–Trinajstić information content (AvgIpc) is 3.39. The number of carboxylic acid groups (broad SMARTS) is 1. The first-order valence-electron chi connectivity index (χ1n) is 9.34. The minimum atomic E-state index is -1.31. The first-order valence-corrected chi connectivity index (χ1v) is 9.34. The van der Waals surface area contributed by atoms with Gasteiger partial charge in [-0.3, -0.25) is 14.6 Å². The standard InChI is InChI=1S/C21H16N6O5/c1-11(28)14-9-12(7-8-23-14)10-27-25-15(19(22)29)16(26-27)20-24-17(21(30)31)18(32-20)13-5-3-2-4-6-13/h2-9H,10H2,1H3,(H2,22,29)(H,30,31). The molecule has 0 saturated heterocycles. The van der Waals surface area contributed by atoms with Gasteiger partial charge in [-0.15, -0.1) is 10.2 Å². The van der Waals surface area contributed by atoms with Crippen LogP contribution in [-0.4, -0.2) is 47.7 Å². The van der Waals surface area contributed by atoms with Crippen molar-refractivity contribution in [3.05, 3.63) is 71.3 Å². The largest absolute Gasteiger partial charge is 0.476 e. The summed E-state index contributed by atoms with van der Waals surface area (Å²) < 4.78 is 5.68. The molecule has 0 aliphatic carbocycles. The van der Waals surface area contributed by atoms with Gasteiger partial charge in [0, 0.05) is 18.7 Å². The molecule has 0 spiro atoms. The zero-order valence-corrected chi connectivity index (χ0v) is 16.7. The highest BCUT2D eigenvalue weighted by Crippen LogP contribution is 2.30. The number of primary amides is 1. The molecular formula is C21H16N6O5. The number of amides is 1. The summed E-state index contributed by atoms with van der Waals surface area (Å²) in [5.41, 5.74) is 6.20. The van der Waals surface area contributed by atoms with Gasteiger partial charge in [-0.1, -0.05) is 30.3 Å². The number of aromatic carboxylic acids is 1. The molecule has 0 atom stereocenters. The normalized spacial score (nSPS) is 10.8. The predicted molar refractivity (Wildman–Crippen MR) is 110 cm³/mol. The Labute approximate surface area is 180 Å². The van der Waals surface area contributed by atoms with E-state index in [2.05, 4.69) is 20.2 Å². The summed E-state index contributed by atoms with van der Waals surface area (Å²) in [7, 11) is 0. The third-order valence-electron chi connectivity index (χ3n) is 4.47. The van der Waals surface area contributed by atoms with E-state index < -0.39 is 11.9 Å². The van der Waals surface area contributed by atoms with Gasteiger partial charge in [0.25, 0.3) is 11.8 Å². The van der Waals surface area contributed by atoms with Gasteiger partial charge in [-0.05, 0) is 17.7 Å². The summed E-state index contributed by atoms with van der Waals surface area (Å²) in [4.78, 5) is 44.4. The van der Waals surface area contributed by atoms with Crippen LogP contribution < -0.4 is 5.73 Å². The van der Waals surface area contributed by atoms with Crippen molar-refractivity contribution >= 4 is 17.7 Å². The second-order valence-corrected chi connectivity index (χ2v) is 6.77. The first kappa shape index (κ1) is 20.6. The summed E-state index contributed by atoms with van der Waals surface area (Å²) in [6.45, 7) is 1.50. The van der Waals surface area contributed by atoms with Crippen LogP contribution in [0.1, 0.15) is 44.0 Å². The number of carbonyl (C=O) groups excluding carboxylic acids is 2. The quantitative estimate of drug-likeness (QED) is 0.415. The number of nitrogens with two attached hydrogens (primary N) is 1. The van der Waals surface area contributed by atoms with Crippen molar-refractivity contribution in [3.63, 3.8) is 0 Å². The molecular weight excluding hydrogens is 416 g/mol. The first-order chi connectivity index (χ1) is 15.3. The van der Waals surface area contributed by atoms with E-state index in [0.717, 1.165) is 0 Å². The van der Waals surface area contributed by atoms with Crippen LogP contribution in [0, 0.1) is 0 Å². The zero-order valence-electron chi connectivity index (χ0n) is 16.7. The molecule has 160 valence electrons. The van der Waals surface area contributed by atoms with Gasteiger partial charge in [0.1, 0.15) is 5.69 Å². The summed E-state index contributed by atoms with van der Waals surface area (Å²) >= 11 is 0. The van der Waals surface area contributed by atoms with E-state index in [1.165, 1.54) is 17.9 Å². The van der Waals surface area contributed by atoms with E-state index in [0.29, 0.717) is 11.1 Å². The lowest BCUT2D eigenvalue weighted by atomic mass is 10.1. The maximum Gasteiger partial charge on any atom is 0.358 e. The van der Waals surface area contributed by atoms with Crippen molar-refractivity contribution in [1.29, 1.82) is 0 Å². The highest BCUT2D eigenvalue weighted by molar-refractivity contribution is 5.97. The Kier molecular flexibility index (Phi) is 5.29. The Bertz CT molecular complexity index is 1340. The van der Waals surface area contributed by atoms with E-state index in [-0.39, 0.29) is 46.8 Å². The van der Waals surface area contributed by atoms with Crippen LogP contribution in [0.15, 0.2) is 53.1 Å². The topological polar surface area (TPSA) is 167 Å². The Balaban J connectivity index is 1.77. The number of hydrogen-bond acceptors (Lipinski definition) is 8. The molecule has 0 fully saturated rings. The van der Waals surface area contributed by atoms with E-state index in [9.17, 15) is 19.5 Å². The molecule has 0 radical (unpaired) electrons. The molecule has 3 N–H and O–H groups in total. The van der Waals surface area contributed by atoms with Crippen LogP contribution in [0.5, 0.6) is 0 Å². The van der Waals surface area contributed by atoms with Crippen molar-refractivity contribution in [3.8, 4) is 22.9 Å². The zero-order chi connectivity index (χ0) is 22.8. The Morgan fingerprint density at radius 3 is 2.50 bits per heavy atom. The second-order valence-electron chi connectivity index (χ2n) is 6.77. The molecule has 4 aromatic rings. The Morgan fingerprint density at radius 1 is 1.09 bits per heavy atom. The van der Waals surface area contributed by atoms with Crippen LogP contribution in [0.3, 0.4) is 0 Å². The summed E-state index contributed by atoms with van der Waals surface area (Å²) in [5, 5.41) is 17.9. The number of Topliss-reactive ketones (excluding diaryl/α,β-unsaturated/α-hetero) is 1. The van der Waals surface area contributed by atoms with Crippen molar-refractivity contribution in [2.45, 2.75) is 13.5 Å². The number of rotatable bonds is 7. The molecule has 3 heterocycles. The molecule has 4 rings (SSSR count). The van der Waals surface area contributed by atoms with Gasteiger partial charge < -0.3 is 15.3 Å². The number of ketones is 1. The molecule has 0 saturated carbocycles. The number of oxazole rings is 1. The highest BCUT2D eigenvalue weighted by Gasteiger charge is 2.27. The van der Waals surface area contributed by atoms with E-state index in [1.54, 1.807) is 42.5 Å². The van der Waals surface area contributed by atoms with Gasteiger partial charge >= 0.3 is 5.97 Å². The Morgan fingerprint density at radius 2 is 1.84 bits per heavy atom. The fraction of sp³-hybridized carbons (Fsp3) is 0.0952. The third-order valence-corrected chi connectivity index (χ3v) is 4.47. The molecule has 11 heteroatoms. The predicted octanol–water partition coefficient (Wildman–Crippen LogP) is 2.04. The Hall–Kier alpha value is -4.67. The van der Waals surface area contributed by atoms with Gasteiger partial charge in [-0.2, -0.15) is 9.78 Å². The monoisotopic (exact) mass is 432 g/mol. The minimum absolute atomic E-state index is 0.0123. The lowest BCUT2D eigenvalue weighted by Crippen LogP contribution is -2.14. The maximum absolute atomic E-state index is 12.0. The van der Waals surface area contributed by atoms with Crippen molar-refractivity contribution in [1.82, 2.24) is 25.0 Å². The fourth-order valence-corrected chi connectivity index (χ4v) is 3.01. The number of pyridine rings is 1. The summed E-state index contributed by atoms with van der Waals surface area (Å²) in [6.07, 6.45) is 1.48. The molecule has 1 amide bonds. The molecule has 11 nitrogen and oxygen atoms in total. The molecule has 0 aliphatic rings. The number of hydrogen-bond donors (Lipinski definition) is 2. The number of nitrogens with zero attached hydrogens (tertiary/aromatic N) is 5. The van der Waals surface area contributed by atoms with Gasteiger partial charge in [-0.25, -0.2) is 4.79 Å². The van der Waals surface area contributed by atoms with Gasteiger partial charge in [0.2, 0.25) is 0 Å². The lowest BCUT2D eigenvalue weighted by molar-refractivity contribution is 0.0691. The van der Waals surface area contributed by atoms with Crippen LogP contribution >= 0.6 is 0 Å². The van der Waals surface area contributed by atoms with Crippen LogP contribution in [-0.2, 0) is 6.54 Å². The second kappa shape index (κ2) is 8.22. The van der Waals surface area contributed by atoms with Crippen molar-refractivity contribution < 1.29 is 23.9 Å². The minimum Gasteiger partial charge on any atom is -0.476 e.